The zero-order valence-electron chi connectivity index (χ0n) is 10.8. The van der Waals surface area contributed by atoms with Crippen LogP contribution in [0.25, 0.3) is 0 Å². The van der Waals surface area contributed by atoms with Gasteiger partial charge in [0.15, 0.2) is 5.82 Å². The molecule has 1 N–H and O–H groups in total. The van der Waals surface area contributed by atoms with E-state index in [1.807, 2.05) is 0 Å². The van der Waals surface area contributed by atoms with Gasteiger partial charge in [0, 0.05) is 6.54 Å². The monoisotopic (exact) mass is 238 g/mol. The molecule has 1 aliphatic heterocycles. The van der Waals surface area contributed by atoms with E-state index in [1.54, 1.807) is 7.05 Å². The van der Waals surface area contributed by atoms with Crippen molar-refractivity contribution in [1.82, 2.24) is 30.4 Å². The second-order valence-electron chi connectivity index (χ2n) is 4.75. The van der Waals surface area contributed by atoms with Crippen LogP contribution in [0.5, 0.6) is 0 Å². The van der Waals surface area contributed by atoms with Gasteiger partial charge in [0.1, 0.15) is 0 Å². The molecule has 6 heteroatoms. The number of hydrogen-bond acceptors (Lipinski definition) is 5. The first-order valence-electron chi connectivity index (χ1n) is 6.44. The predicted octanol–water partition coefficient (Wildman–Crippen LogP) is 0.0316. The second kappa shape index (κ2) is 6.07. The lowest BCUT2D eigenvalue weighted by molar-refractivity contribution is 0.162. The van der Waals surface area contributed by atoms with E-state index in [0.29, 0.717) is 0 Å². The number of likely N-dealkylation sites (tertiary alicyclic amines) is 1. The number of hydrogen-bond donors (Lipinski definition) is 1. The summed E-state index contributed by atoms with van der Waals surface area (Å²) in [6.07, 6.45) is 2.60. The van der Waals surface area contributed by atoms with Gasteiger partial charge in [0.25, 0.3) is 0 Å². The summed E-state index contributed by atoms with van der Waals surface area (Å²) in [7, 11) is 1.81. The number of aryl methyl sites for hydroxylation is 1. The summed E-state index contributed by atoms with van der Waals surface area (Å²) in [4.78, 5) is 3.96. The number of piperidine rings is 1. The van der Waals surface area contributed by atoms with Crippen molar-refractivity contribution in [2.24, 2.45) is 13.0 Å². The Morgan fingerprint density at radius 3 is 3.06 bits per heavy atom. The number of rotatable bonds is 5. The minimum atomic E-state index is 0.764. The number of tetrazole rings is 1. The van der Waals surface area contributed by atoms with Gasteiger partial charge in [-0.1, -0.05) is 6.92 Å². The quantitative estimate of drug-likeness (QED) is 0.784. The summed E-state index contributed by atoms with van der Waals surface area (Å²) >= 11 is 0. The Morgan fingerprint density at radius 2 is 2.35 bits per heavy atom. The predicted molar refractivity (Wildman–Crippen MR) is 65.3 cm³/mol. The molecule has 1 fully saturated rings. The van der Waals surface area contributed by atoms with Crippen molar-refractivity contribution in [3.63, 3.8) is 0 Å². The molecule has 1 atom stereocenters. The summed E-state index contributed by atoms with van der Waals surface area (Å²) in [6, 6.07) is 0. The summed E-state index contributed by atoms with van der Waals surface area (Å²) in [5.41, 5.74) is 0. The molecule has 0 bridgehead atoms. The van der Waals surface area contributed by atoms with Crippen LogP contribution in [-0.2, 0) is 13.6 Å². The Bertz CT molecular complexity index is 336. The first-order valence-corrected chi connectivity index (χ1v) is 6.44. The molecule has 1 aromatic heterocycles. The van der Waals surface area contributed by atoms with E-state index in [0.717, 1.165) is 44.5 Å². The van der Waals surface area contributed by atoms with Crippen molar-refractivity contribution in [3.05, 3.63) is 5.82 Å². The second-order valence-corrected chi connectivity index (χ2v) is 4.75. The van der Waals surface area contributed by atoms with Crippen molar-refractivity contribution < 1.29 is 0 Å². The lowest BCUT2D eigenvalue weighted by Crippen LogP contribution is -2.39. The first kappa shape index (κ1) is 12.4. The Balaban J connectivity index is 1.80. The lowest BCUT2D eigenvalue weighted by Gasteiger charge is -2.31. The third-order valence-electron chi connectivity index (χ3n) is 3.20. The molecule has 0 amide bonds. The molecule has 6 nitrogen and oxygen atoms in total. The standard InChI is InChI=1S/C11H22N6/c1-3-12-7-10-5-4-6-17(8-10)9-11-13-15-16(2)14-11/h10,12H,3-9H2,1-2H3. The van der Waals surface area contributed by atoms with Crippen LogP contribution >= 0.6 is 0 Å². The van der Waals surface area contributed by atoms with Crippen molar-refractivity contribution >= 4 is 0 Å². The minimum Gasteiger partial charge on any atom is -0.317 e. The van der Waals surface area contributed by atoms with Gasteiger partial charge >= 0.3 is 0 Å². The van der Waals surface area contributed by atoms with Gasteiger partial charge in [0.05, 0.1) is 13.6 Å². The van der Waals surface area contributed by atoms with E-state index in [-0.39, 0.29) is 0 Å². The van der Waals surface area contributed by atoms with Crippen molar-refractivity contribution in [2.75, 3.05) is 26.2 Å². The SMILES string of the molecule is CCNCC1CCCN(Cc2nnn(C)n2)C1. The van der Waals surface area contributed by atoms with Crippen molar-refractivity contribution in [1.29, 1.82) is 0 Å². The van der Waals surface area contributed by atoms with E-state index < -0.39 is 0 Å². The van der Waals surface area contributed by atoms with Crippen LogP contribution in [0.4, 0.5) is 0 Å². The van der Waals surface area contributed by atoms with E-state index >= 15 is 0 Å². The fourth-order valence-corrected chi connectivity index (χ4v) is 2.40. The molecule has 2 heterocycles. The van der Waals surface area contributed by atoms with Crippen molar-refractivity contribution in [2.45, 2.75) is 26.3 Å². The maximum absolute atomic E-state index is 4.23. The van der Waals surface area contributed by atoms with E-state index in [1.165, 1.54) is 17.6 Å². The largest absolute Gasteiger partial charge is 0.317 e. The van der Waals surface area contributed by atoms with Gasteiger partial charge in [-0.2, -0.15) is 4.80 Å². The zero-order valence-corrected chi connectivity index (χ0v) is 10.8. The number of aromatic nitrogens is 4. The highest BCUT2D eigenvalue weighted by Crippen LogP contribution is 2.16. The number of nitrogens with zero attached hydrogens (tertiary/aromatic N) is 5. The average Bonchev–Trinajstić information content (AvgIpc) is 2.73. The van der Waals surface area contributed by atoms with Crippen LogP contribution in [-0.4, -0.2) is 51.3 Å². The molecule has 0 aromatic carbocycles. The van der Waals surface area contributed by atoms with E-state index in [9.17, 15) is 0 Å². The summed E-state index contributed by atoms with van der Waals surface area (Å²) in [5.74, 6) is 1.59. The van der Waals surface area contributed by atoms with Gasteiger partial charge in [-0.05, 0) is 43.6 Å². The van der Waals surface area contributed by atoms with Gasteiger partial charge in [0.2, 0.25) is 0 Å². The highest BCUT2D eigenvalue weighted by atomic mass is 15.6. The highest BCUT2D eigenvalue weighted by molar-refractivity contribution is 4.81. The topological polar surface area (TPSA) is 58.9 Å². The minimum absolute atomic E-state index is 0.764. The first-order chi connectivity index (χ1) is 8.28. The Labute approximate surface area is 102 Å². The van der Waals surface area contributed by atoms with Gasteiger partial charge in [-0.25, -0.2) is 0 Å². The molecule has 96 valence electrons. The molecular formula is C11H22N6. The molecule has 2 rings (SSSR count). The van der Waals surface area contributed by atoms with Gasteiger partial charge in [-0.3, -0.25) is 4.90 Å². The molecular weight excluding hydrogens is 216 g/mol. The molecule has 0 saturated carbocycles. The molecule has 0 spiro atoms. The van der Waals surface area contributed by atoms with Crippen LogP contribution in [0, 0.1) is 5.92 Å². The van der Waals surface area contributed by atoms with Crippen LogP contribution in [0.15, 0.2) is 0 Å². The van der Waals surface area contributed by atoms with Gasteiger partial charge < -0.3 is 5.32 Å². The molecule has 17 heavy (non-hydrogen) atoms. The molecule has 1 aromatic rings. The number of nitrogens with one attached hydrogen (secondary N) is 1. The smallest absolute Gasteiger partial charge is 0.188 e. The van der Waals surface area contributed by atoms with Crippen LogP contribution in [0.2, 0.25) is 0 Å². The highest BCUT2D eigenvalue weighted by Gasteiger charge is 2.20. The van der Waals surface area contributed by atoms with E-state index in [4.69, 9.17) is 0 Å². The van der Waals surface area contributed by atoms with Crippen molar-refractivity contribution in [3.8, 4) is 0 Å². The fourth-order valence-electron chi connectivity index (χ4n) is 2.40. The molecule has 1 saturated heterocycles. The summed E-state index contributed by atoms with van der Waals surface area (Å²) in [6.45, 7) is 7.47. The maximum atomic E-state index is 4.23. The average molecular weight is 238 g/mol. The summed E-state index contributed by atoms with van der Waals surface area (Å²) < 4.78 is 0. The van der Waals surface area contributed by atoms with Crippen LogP contribution < -0.4 is 5.32 Å². The van der Waals surface area contributed by atoms with Gasteiger partial charge in [-0.15, -0.1) is 10.2 Å². The Kier molecular flexibility index (Phi) is 4.44. The van der Waals surface area contributed by atoms with Crippen LogP contribution in [0.3, 0.4) is 0 Å². The molecule has 1 unspecified atom stereocenters. The molecule has 0 aliphatic carbocycles. The van der Waals surface area contributed by atoms with E-state index in [2.05, 4.69) is 32.6 Å². The zero-order chi connectivity index (χ0) is 12.1. The normalized spacial score (nSPS) is 21.9. The fraction of sp³-hybridized carbons (Fsp3) is 0.909. The lowest BCUT2D eigenvalue weighted by atomic mass is 9.98. The third kappa shape index (κ3) is 3.74. The third-order valence-corrected chi connectivity index (χ3v) is 3.20. The maximum Gasteiger partial charge on any atom is 0.188 e. The Morgan fingerprint density at radius 1 is 1.47 bits per heavy atom. The summed E-state index contributed by atoms with van der Waals surface area (Å²) in [5, 5.41) is 15.6. The Hall–Kier alpha value is -1.01. The van der Waals surface area contributed by atoms with Crippen LogP contribution in [0.1, 0.15) is 25.6 Å². The molecule has 1 aliphatic rings. The molecule has 0 radical (unpaired) electrons.